The summed E-state index contributed by atoms with van der Waals surface area (Å²) in [7, 11) is 0. The van der Waals surface area contributed by atoms with E-state index in [-0.39, 0.29) is 0 Å². The number of nitrogens with two attached hydrogens (primary N) is 1. The molecule has 0 amide bonds. The smallest absolute Gasteiger partial charge is 0.0976 e. The van der Waals surface area contributed by atoms with E-state index in [1.165, 1.54) is 16.0 Å². The van der Waals surface area contributed by atoms with Gasteiger partial charge in [0.05, 0.1) is 10.7 Å². The summed E-state index contributed by atoms with van der Waals surface area (Å²) < 4.78 is 0. The van der Waals surface area contributed by atoms with E-state index in [1.54, 1.807) is 22.7 Å². The van der Waals surface area contributed by atoms with E-state index in [4.69, 9.17) is 10.7 Å². The Bertz CT molecular complexity index is 656. The number of nitrogens with zero attached hydrogens (tertiary/aromatic N) is 1. The first-order chi connectivity index (χ1) is 9.35. The number of hydrogen-bond acceptors (Lipinski definition) is 4. The molecule has 0 radical (unpaired) electrons. The molecule has 4 heteroatoms. The summed E-state index contributed by atoms with van der Waals surface area (Å²) >= 11 is 3.44. The average Bonchev–Trinajstić information content (AvgIpc) is 3.09. The van der Waals surface area contributed by atoms with Crippen molar-refractivity contribution in [3.63, 3.8) is 0 Å². The van der Waals surface area contributed by atoms with Crippen molar-refractivity contribution >= 4 is 22.7 Å². The van der Waals surface area contributed by atoms with Crippen molar-refractivity contribution in [2.45, 2.75) is 13.0 Å². The van der Waals surface area contributed by atoms with Crippen molar-refractivity contribution in [3.05, 3.63) is 62.6 Å². The minimum absolute atomic E-state index is 0.623. The zero-order chi connectivity index (χ0) is 13.1. The Kier molecular flexibility index (Phi) is 3.73. The first-order valence-electron chi connectivity index (χ1n) is 6.11. The molecule has 0 aliphatic carbocycles. The molecule has 3 rings (SSSR count). The van der Waals surface area contributed by atoms with Gasteiger partial charge in [-0.1, -0.05) is 30.3 Å². The molecule has 0 bridgehead atoms. The van der Waals surface area contributed by atoms with E-state index in [2.05, 4.69) is 29.0 Å². The third kappa shape index (κ3) is 2.92. The highest BCUT2D eigenvalue weighted by Crippen LogP contribution is 2.24. The zero-order valence-electron chi connectivity index (χ0n) is 10.4. The van der Waals surface area contributed by atoms with E-state index < -0.39 is 0 Å². The van der Waals surface area contributed by atoms with Crippen LogP contribution in [0.2, 0.25) is 0 Å². The van der Waals surface area contributed by atoms with Crippen LogP contribution in [0.1, 0.15) is 15.4 Å². The highest BCUT2D eigenvalue weighted by molar-refractivity contribution is 7.10. The quantitative estimate of drug-likeness (QED) is 0.789. The van der Waals surface area contributed by atoms with Crippen LogP contribution in [0.5, 0.6) is 0 Å². The topological polar surface area (TPSA) is 38.9 Å². The Hall–Kier alpha value is -1.49. The molecule has 0 saturated heterocycles. The maximum atomic E-state index is 5.63. The molecule has 2 aromatic heterocycles. The zero-order valence-corrected chi connectivity index (χ0v) is 12.0. The highest BCUT2D eigenvalue weighted by atomic mass is 32.1. The fourth-order valence-electron chi connectivity index (χ4n) is 1.93. The molecule has 0 saturated carbocycles. The SMILES string of the molecule is NCc1cc(Cc2nc(-c3ccccc3)cs2)cs1. The molecule has 2 heterocycles. The second kappa shape index (κ2) is 5.65. The largest absolute Gasteiger partial charge is 0.326 e. The first kappa shape index (κ1) is 12.5. The van der Waals surface area contributed by atoms with Gasteiger partial charge in [0.1, 0.15) is 0 Å². The summed E-state index contributed by atoms with van der Waals surface area (Å²) in [5.41, 5.74) is 9.18. The number of benzene rings is 1. The number of aromatic nitrogens is 1. The van der Waals surface area contributed by atoms with Crippen molar-refractivity contribution in [2.75, 3.05) is 0 Å². The van der Waals surface area contributed by atoms with Crippen LogP contribution in [0.25, 0.3) is 11.3 Å². The molecule has 3 aromatic rings. The third-order valence-corrected chi connectivity index (χ3v) is 4.74. The lowest BCUT2D eigenvalue weighted by Gasteiger charge is -1.95. The Morgan fingerprint density at radius 2 is 1.89 bits per heavy atom. The monoisotopic (exact) mass is 286 g/mol. The molecule has 0 aliphatic heterocycles. The molecule has 0 unspecified atom stereocenters. The summed E-state index contributed by atoms with van der Waals surface area (Å²) in [6, 6.07) is 12.5. The lowest BCUT2D eigenvalue weighted by Crippen LogP contribution is -1.92. The van der Waals surface area contributed by atoms with Crippen molar-refractivity contribution in [1.29, 1.82) is 0 Å². The van der Waals surface area contributed by atoms with Crippen molar-refractivity contribution < 1.29 is 0 Å². The molecular formula is C15H14N2S2. The molecule has 1 aromatic carbocycles. The van der Waals surface area contributed by atoms with Crippen molar-refractivity contribution in [2.24, 2.45) is 5.73 Å². The van der Waals surface area contributed by atoms with E-state index in [9.17, 15) is 0 Å². The Labute approximate surface area is 120 Å². The second-order valence-corrected chi connectivity index (χ2v) is 6.23. The van der Waals surface area contributed by atoms with Crippen LogP contribution in [0, 0.1) is 0 Å². The van der Waals surface area contributed by atoms with Gasteiger partial charge in [0.25, 0.3) is 0 Å². The Morgan fingerprint density at radius 1 is 1.05 bits per heavy atom. The van der Waals surface area contributed by atoms with Gasteiger partial charge in [-0.3, -0.25) is 0 Å². The minimum atomic E-state index is 0.623. The molecule has 0 atom stereocenters. The highest BCUT2D eigenvalue weighted by Gasteiger charge is 2.06. The summed E-state index contributed by atoms with van der Waals surface area (Å²) in [6.45, 7) is 0.623. The normalized spacial score (nSPS) is 10.8. The molecule has 0 spiro atoms. The third-order valence-electron chi connectivity index (χ3n) is 2.89. The fourth-order valence-corrected chi connectivity index (χ4v) is 3.54. The van der Waals surface area contributed by atoms with Crippen LogP contribution >= 0.6 is 22.7 Å². The first-order valence-corrected chi connectivity index (χ1v) is 7.87. The van der Waals surface area contributed by atoms with Crippen molar-refractivity contribution in [1.82, 2.24) is 4.98 Å². The van der Waals surface area contributed by atoms with Crippen molar-refractivity contribution in [3.8, 4) is 11.3 Å². The van der Waals surface area contributed by atoms with Gasteiger partial charge in [-0.2, -0.15) is 0 Å². The molecular weight excluding hydrogens is 272 g/mol. The lowest BCUT2D eigenvalue weighted by atomic mass is 10.2. The maximum Gasteiger partial charge on any atom is 0.0976 e. The lowest BCUT2D eigenvalue weighted by molar-refractivity contribution is 1.09. The molecule has 0 aliphatic rings. The van der Waals surface area contributed by atoms with Gasteiger partial charge in [-0.15, -0.1) is 22.7 Å². The van der Waals surface area contributed by atoms with Gasteiger partial charge in [0.2, 0.25) is 0 Å². The van der Waals surface area contributed by atoms with Crippen LogP contribution in [-0.4, -0.2) is 4.98 Å². The van der Waals surface area contributed by atoms with E-state index in [1.807, 2.05) is 18.2 Å². The van der Waals surface area contributed by atoms with Gasteiger partial charge >= 0.3 is 0 Å². The Morgan fingerprint density at radius 3 is 2.63 bits per heavy atom. The number of thiophene rings is 1. The minimum Gasteiger partial charge on any atom is -0.326 e. The molecule has 0 fully saturated rings. The standard InChI is InChI=1S/C15H14N2S2/c16-8-13-6-11(9-18-13)7-15-17-14(10-19-15)12-4-2-1-3-5-12/h1-6,9-10H,7-8,16H2. The summed E-state index contributed by atoms with van der Waals surface area (Å²) in [4.78, 5) is 5.93. The number of thiazole rings is 1. The van der Waals surface area contributed by atoms with Gasteiger partial charge in [-0.05, 0) is 17.0 Å². The average molecular weight is 286 g/mol. The predicted octanol–water partition coefficient (Wildman–Crippen LogP) is 3.92. The van der Waals surface area contributed by atoms with E-state index >= 15 is 0 Å². The molecule has 19 heavy (non-hydrogen) atoms. The second-order valence-electron chi connectivity index (χ2n) is 4.29. The van der Waals surface area contributed by atoms with E-state index in [0.717, 1.165) is 17.1 Å². The van der Waals surface area contributed by atoms with Crippen LogP contribution in [0.3, 0.4) is 0 Å². The van der Waals surface area contributed by atoms with Gasteiger partial charge in [0, 0.05) is 28.8 Å². The van der Waals surface area contributed by atoms with Gasteiger partial charge < -0.3 is 5.73 Å². The van der Waals surface area contributed by atoms with Gasteiger partial charge in [-0.25, -0.2) is 4.98 Å². The molecule has 96 valence electrons. The van der Waals surface area contributed by atoms with Gasteiger partial charge in [0.15, 0.2) is 0 Å². The predicted molar refractivity (Wildman–Crippen MR) is 82.6 cm³/mol. The summed E-state index contributed by atoms with van der Waals surface area (Å²) in [6.07, 6.45) is 0.897. The summed E-state index contributed by atoms with van der Waals surface area (Å²) in [5, 5.41) is 5.45. The van der Waals surface area contributed by atoms with Crippen LogP contribution < -0.4 is 5.73 Å². The fraction of sp³-hybridized carbons (Fsp3) is 0.133. The molecule has 2 nitrogen and oxygen atoms in total. The van der Waals surface area contributed by atoms with Crippen LogP contribution in [0.4, 0.5) is 0 Å². The Balaban J connectivity index is 1.78. The maximum absolute atomic E-state index is 5.63. The number of rotatable bonds is 4. The number of hydrogen-bond donors (Lipinski definition) is 1. The summed E-state index contributed by atoms with van der Waals surface area (Å²) in [5.74, 6) is 0. The van der Waals surface area contributed by atoms with Crippen LogP contribution in [-0.2, 0) is 13.0 Å². The van der Waals surface area contributed by atoms with Crippen LogP contribution in [0.15, 0.2) is 47.2 Å². The molecule has 2 N–H and O–H groups in total. The van der Waals surface area contributed by atoms with E-state index in [0.29, 0.717) is 6.54 Å².